The van der Waals surface area contributed by atoms with Crippen molar-refractivity contribution < 1.29 is 64.2 Å². The zero-order valence-electron chi connectivity index (χ0n) is 21.0. The van der Waals surface area contributed by atoms with Crippen LogP contribution in [0.4, 0.5) is 0 Å². The Morgan fingerprint density at radius 1 is 0.611 bits per heavy atom. The number of rotatable bonds is 21. The molecule has 24 heteroatoms. The van der Waals surface area contributed by atoms with Gasteiger partial charge in [-0.1, -0.05) is 12.1 Å². The molecule has 0 aliphatic heterocycles. The third-order valence-corrected chi connectivity index (χ3v) is 20.7. The highest BCUT2D eigenvalue weighted by atomic mass is 32.2. The summed E-state index contributed by atoms with van der Waals surface area (Å²) in [7, 11) is -13.3. The average molecular weight is 675 g/mol. The Hall–Kier alpha value is 0.385. The summed E-state index contributed by atoms with van der Waals surface area (Å²) in [6, 6.07) is 4.20. The maximum atomic E-state index is 12.6. The summed E-state index contributed by atoms with van der Waals surface area (Å²) in [5.74, 6) is 0. The highest BCUT2D eigenvalue weighted by Gasteiger charge is 2.49. The van der Waals surface area contributed by atoms with Crippen molar-refractivity contribution in [1.29, 1.82) is 0 Å². The van der Waals surface area contributed by atoms with Gasteiger partial charge in [-0.15, -0.1) is 0 Å². The quantitative estimate of drug-likeness (QED) is 0.0966. The Balaban J connectivity index is 3.84. The fourth-order valence-electron chi connectivity index (χ4n) is 2.73. The van der Waals surface area contributed by atoms with Gasteiger partial charge in [0.05, 0.1) is 0 Å². The first-order valence-corrected chi connectivity index (χ1v) is 21.9. The smallest absolute Gasteiger partial charge is 0.403 e. The van der Waals surface area contributed by atoms with Gasteiger partial charge in [0, 0.05) is 53.0 Å². The van der Waals surface area contributed by atoms with E-state index in [-0.39, 0.29) is 10.4 Å². The van der Waals surface area contributed by atoms with Gasteiger partial charge in [-0.25, -0.2) is 0 Å². The largest absolute Gasteiger partial charge is 0.510 e. The predicted molar refractivity (Wildman–Crippen MR) is 147 cm³/mol. The lowest BCUT2D eigenvalue weighted by molar-refractivity contribution is 0.218. The Kier molecular flexibility index (Phi) is 17.1. The minimum atomic E-state index is -4.82. The lowest BCUT2D eigenvalue weighted by Gasteiger charge is -2.33. The first-order valence-electron chi connectivity index (χ1n) is 10.1. The average Bonchev–Trinajstić information content (AvgIpc) is 2.87. The first kappa shape index (κ1) is 34.4. The van der Waals surface area contributed by atoms with E-state index in [2.05, 4.69) is 0 Å². The van der Waals surface area contributed by atoms with Crippen LogP contribution in [0, 0.1) is 0 Å². The van der Waals surface area contributed by atoms with Gasteiger partial charge in [-0.3, -0.25) is 4.55 Å². The van der Waals surface area contributed by atoms with Crippen molar-refractivity contribution in [2.24, 2.45) is 0 Å². The highest BCUT2D eigenvalue weighted by molar-refractivity contribution is 7.86. The van der Waals surface area contributed by atoms with E-state index in [9.17, 15) is 13.0 Å². The fraction of sp³-hybridized carbons (Fsp3) is 0.500. The molecular formula is C12H34O15SSi8. The second-order valence-electron chi connectivity index (χ2n) is 6.60. The molecule has 0 radical (unpaired) electrons. The highest BCUT2D eigenvalue weighted by Crippen LogP contribution is 2.18. The third kappa shape index (κ3) is 10.2. The molecule has 0 heterocycles. The van der Waals surface area contributed by atoms with Crippen LogP contribution in [0.15, 0.2) is 23.1 Å². The van der Waals surface area contributed by atoms with E-state index in [0.717, 1.165) is 0 Å². The van der Waals surface area contributed by atoms with Crippen molar-refractivity contribution in [2.75, 3.05) is 42.7 Å². The molecule has 1 N–H and O–H groups in total. The molecule has 210 valence electrons. The van der Waals surface area contributed by atoms with Gasteiger partial charge in [0.1, 0.15) is 4.90 Å². The minimum Gasteiger partial charge on any atom is -0.403 e. The minimum absolute atomic E-state index is 0.00672. The maximum Gasteiger partial charge on any atom is 0.510 e. The molecule has 1 aromatic carbocycles. The summed E-state index contributed by atoms with van der Waals surface area (Å²) in [6.45, 7) is 0. The summed E-state index contributed by atoms with van der Waals surface area (Å²) < 4.78 is 102. The molecule has 15 nitrogen and oxygen atoms in total. The SMILES string of the molecule is CO[SiH2]O[Si](O[SiH2]OC)(O[SiH2]OC)c1ccc([Si](O[SiH2]OC)(O[SiH2]OC)O[SiH2]OC)c(S(=O)(=O)O)c1. The van der Waals surface area contributed by atoms with Gasteiger partial charge in [-0.05, 0) is 6.07 Å². The molecule has 0 bridgehead atoms. The Labute approximate surface area is 227 Å². The fourth-order valence-corrected chi connectivity index (χ4v) is 22.4. The van der Waals surface area contributed by atoms with Gasteiger partial charge < -0.3 is 51.2 Å². The van der Waals surface area contributed by atoms with Gasteiger partial charge >= 0.3 is 17.6 Å². The summed E-state index contributed by atoms with van der Waals surface area (Å²) in [6.07, 6.45) is 0. The van der Waals surface area contributed by atoms with E-state index in [1.54, 1.807) is 6.07 Å². The summed E-state index contributed by atoms with van der Waals surface area (Å²) >= 11 is 0. The Morgan fingerprint density at radius 3 is 1.25 bits per heavy atom. The summed E-state index contributed by atoms with van der Waals surface area (Å²) in [4.78, 5) is -0.503. The molecule has 36 heavy (non-hydrogen) atoms. The molecule has 0 saturated carbocycles. The topological polar surface area (TPSA) is 165 Å². The second kappa shape index (κ2) is 17.9. The maximum absolute atomic E-state index is 12.6. The van der Waals surface area contributed by atoms with Crippen LogP contribution in [0.3, 0.4) is 0 Å². The summed E-state index contributed by atoms with van der Waals surface area (Å²) in [5.41, 5.74) is 0. The van der Waals surface area contributed by atoms with Crippen LogP contribution in [-0.2, 0) is 61.4 Å². The van der Waals surface area contributed by atoms with Crippen molar-refractivity contribution in [3.63, 3.8) is 0 Å². The van der Waals surface area contributed by atoms with Gasteiger partial charge in [0.25, 0.3) is 70.2 Å². The van der Waals surface area contributed by atoms with E-state index in [1.165, 1.54) is 54.8 Å². The van der Waals surface area contributed by atoms with Gasteiger partial charge in [-0.2, -0.15) is 8.42 Å². The third-order valence-electron chi connectivity index (χ3n) is 4.14. The van der Waals surface area contributed by atoms with Crippen LogP contribution in [0.1, 0.15) is 0 Å². The number of hydrogen-bond acceptors (Lipinski definition) is 14. The van der Waals surface area contributed by atoms with Crippen molar-refractivity contribution in [2.45, 2.75) is 4.90 Å². The zero-order valence-corrected chi connectivity index (χ0v) is 32.3. The molecule has 0 unspecified atom stereocenters. The van der Waals surface area contributed by atoms with E-state index < -0.39 is 92.7 Å². The van der Waals surface area contributed by atoms with Crippen LogP contribution >= 0.6 is 0 Å². The molecule has 1 rings (SSSR count). The van der Waals surface area contributed by atoms with Crippen molar-refractivity contribution >= 4 is 98.1 Å². The van der Waals surface area contributed by atoms with Crippen LogP contribution in [-0.4, -0.2) is 133 Å². The second-order valence-corrected chi connectivity index (χ2v) is 23.1. The molecule has 0 aliphatic rings. The van der Waals surface area contributed by atoms with Crippen LogP contribution in [0.25, 0.3) is 0 Å². The van der Waals surface area contributed by atoms with Gasteiger partial charge in [0.15, 0.2) is 0 Å². The van der Waals surface area contributed by atoms with E-state index in [4.69, 9.17) is 51.2 Å². The molecule has 0 amide bonds. The molecule has 0 saturated heterocycles. The molecule has 0 aliphatic carbocycles. The summed E-state index contributed by atoms with van der Waals surface area (Å²) in [5, 5.41) is 0.268. The van der Waals surface area contributed by atoms with Gasteiger partial charge in [0.2, 0.25) is 0 Å². The standard InChI is InChI=1S/C12H34O15SSi8/c1-16-29-22-35(23-30-17-2,24-31-18-3)10-7-8-12(11(9-10)28(13,14)15)36(25-32-19-4,26-33-20-5)27-34-21-6/h7-9H,29-34H2,1-6H3,(H,13,14,15). The van der Waals surface area contributed by atoms with Crippen LogP contribution in [0.5, 0.6) is 0 Å². The lowest BCUT2D eigenvalue weighted by Crippen LogP contribution is -2.63. The van der Waals surface area contributed by atoms with Crippen molar-refractivity contribution in [3.05, 3.63) is 18.2 Å². The molecule has 1 aromatic rings. The van der Waals surface area contributed by atoms with E-state index >= 15 is 0 Å². The van der Waals surface area contributed by atoms with E-state index in [0.29, 0.717) is 0 Å². The van der Waals surface area contributed by atoms with E-state index in [1.807, 2.05) is 0 Å². The van der Waals surface area contributed by atoms with Crippen molar-refractivity contribution in [1.82, 2.24) is 0 Å². The monoisotopic (exact) mass is 674 g/mol. The van der Waals surface area contributed by atoms with Crippen molar-refractivity contribution in [3.8, 4) is 0 Å². The molecule has 0 spiro atoms. The molecular weight excluding hydrogens is 641 g/mol. The Morgan fingerprint density at radius 2 is 0.944 bits per heavy atom. The molecule has 0 fully saturated rings. The molecule has 0 aromatic heterocycles. The predicted octanol–water partition coefficient (Wildman–Crippen LogP) is -6.80. The van der Waals surface area contributed by atoms with Crippen LogP contribution < -0.4 is 10.4 Å². The van der Waals surface area contributed by atoms with Crippen LogP contribution in [0.2, 0.25) is 0 Å². The lowest BCUT2D eigenvalue weighted by atomic mass is 10.4. The first-order chi connectivity index (χ1) is 17.2. The zero-order chi connectivity index (χ0) is 27.1. The molecule has 0 atom stereocenters. The Bertz CT molecular complexity index is 823. The normalized spacial score (nSPS) is 17.5. The number of hydrogen-bond donors (Lipinski definition) is 1. The number of benzene rings is 1.